The van der Waals surface area contributed by atoms with E-state index in [9.17, 15) is 0 Å². The molecule has 0 amide bonds. The van der Waals surface area contributed by atoms with Gasteiger partial charge in [-0.2, -0.15) is 0 Å². The second kappa shape index (κ2) is 6.55. The first kappa shape index (κ1) is 13.1. The van der Waals surface area contributed by atoms with Gasteiger partial charge < -0.3 is 10.5 Å². The van der Waals surface area contributed by atoms with Crippen LogP contribution in [0.25, 0.3) is 0 Å². The molecule has 2 aromatic carbocycles. The van der Waals surface area contributed by atoms with Crippen LogP contribution in [-0.2, 0) is 24.5 Å². The maximum Gasteiger partial charge on any atom is 0.0735 e. The second-order valence-electron chi connectivity index (χ2n) is 4.11. The van der Waals surface area contributed by atoms with Crippen molar-refractivity contribution in [1.29, 1.82) is 0 Å². The zero-order valence-electron chi connectivity index (χ0n) is 10.1. The lowest BCUT2D eigenvalue weighted by Gasteiger charge is -2.07. The summed E-state index contributed by atoms with van der Waals surface area (Å²) in [6.45, 7) is 1.64. The van der Waals surface area contributed by atoms with E-state index in [-0.39, 0.29) is 0 Å². The van der Waals surface area contributed by atoms with Crippen molar-refractivity contribution in [3.63, 3.8) is 0 Å². The Morgan fingerprint density at radius 3 is 2.50 bits per heavy atom. The molecule has 0 aliphatic rings. The summed E-state index contributed by atoms with van der Waals surface area (Å²) in [5.41, 5.74) is 8.86. The number of benzene rings is 2. The van der Waals surface area contributed by atoms with Crippen LogP contribution in [0.2, 0.25) is 5.02 Å². The van der Waals surface area contributed by atoms with Gasteiger partial charge in [0.1, 0.15) is 0 Å². The molecule has 18 heavy (non-hydrogen) atoms. The Morgan fingerprint density at radius 1 is 0.944 bits per heavy atom. The molecular formula is C15H16ClNO. The van der Waals surface area contributed by atoms with Crippen molar-refractivity contribution >= 4 is 11.6 Å². The predicted octanol–water partition coefficient (Wildman–Crippen LogP) is 3.52. The lowest BCUT2D eigenvalue weighted by molar-refractivity contribution is 0.107. The van der Waals surface area contributed by atoms with Crippen LogP contribution in [0, 0.1) is 0 Å². The highest BCUT2D eigenvalue weighted by Crippen LogP contribution is 2.16. The largest absolute Gasteiger partial charge is 0.372 e. The van der Waals surface area contributed by atoms with E-state index in [0.29, 0.717) is 19.8 Å². The van der Waals surface area contributed by atoms with Crippen molar-refractivity contribution in [1.82, 2.24) is 0 Å². The fourth-order valence-electron chi connectivity index (χ4n) is 1.74. The van der Waals surface area contributed by atoms with Gasteiger partial charge in [-0.1, -0.05) is 54.1 Å². The van der Waals surface area contributed by atoms with Gasteiger partial charge >= 0.3 is 0 Å². The molecule has 2 N–H and O–H groups in total. The summed E-state index contributed by atoms with van der Waals surface area (Å²) in [7, 11) is 0. The number of nitrogens with two attached hydrogens (primary N) is 1. The molecule has 0 aromatic heterocycles. The van der Waals surface area contributed by atoms with Crippen molar-refractivity contribution in [2.45, 2.75) is 19.8 Å². The Hall–Kier alpha value is -1.35. The minimum absolute atomic E-state index is 0.520. The van der Waals surface area contributed by atoms with Crippen molar-refractivity contribution in [2.24, 2.45) is 5.73 Å². The van der Waals surface area contributed by atoms with Gasteiger partial charge in [-0.15, -0.1) is 0 Å². The summed E-state index contributed by atoms with van der Waals surface area (Å²) in [6.07, 6.45) is 0. The van der Waals surface area contributed by atoms with Gasteiger partial charge in [0.2, 0.25) is 0 Å². The van der Waals surface area contributed by atoms with Gasteiger partial charge in [-0.05, 0) is 22.8 Å². The molecule has 0 bridgehead atoms. The molecule has 3 heteroatoms. The van der Waals surface area contributed by atoms with Crippen LogP contribution in [0.4, 0.5) is 0 Å². The number of ether oxygens (including phenoxy) is 1. The molecule has 0 radical (unpaired) electrons. The van der Waals surface area contributed by atoms with E-state index >= 15 is 0 Å². The molecule has 2 aromatic rings. The monoisotopic (exact) mass is 261 g/mol. The lowest BCUT2D eigenvalue weighted by Crippen LogP contribution is -1.99. The normalized spacial score (nSPS) is 10.6. The van der Waals surface area contributed by atoms with Crippen LogP contribution in [0.15, 0.2) is 48.5 Å². The smallest absolute Gasteiger partial charge is 0.0735 e. The average molecular weight is 262 g/mol. The molecule has 0 spiro atoms. The lowest BCUT2D eigenvalue weighted by atomic mass is 10.1. The molecule has 0 aliphatic heterocycles. The molecule has 0 fully saturated rings. The van der Waals surface area contributed by atoms with E-state index in [4.69, 9.17) is 22.1 Å². The SMILES string of the molecule is NCc1cccc(COCc2ccccc2Cl)c1. The van der Waals surface area contributed by atoms with E-state index < -0.39 is 0 Å². The second-order valence-corrected chi connectivity index (χ2v) is 4.52. The Balaban J connectivity index is 1.90. The number of hydrogen-bond acceptors (Lipinski definition) is 2. The number of hydrogen-bond donors (Lipinski definition) is 1. The van der Waals surface area contributed by atoms with Crippen LogP contribution in [0.3, 0.4) is 0 Å². The number of halogens is 1. The molecule has 94 valence electrons. The van der Waals surface area contributed by atoms with E-state index in [1.807, 2.05) is 42.5 Å². The quantitative estimate of drug-likeness (QED) is 0.894. The molecule has 0 heterocycles. The summed E-state index contributed by atoms with van der Waals surface area (Å²) in [4.78, 5) is 0. The maximum atomic E-state index is 6.06. The predicted molar refractivity (Wildman–Crippen MR) is 74.3 cm³/mol. The third-order valence-electron chi connectivity index (χ3n) is 2.71. The van der Waals surface area contributed by atoms with Crippen molar-refractivity contribution in [2.75, 3.05) is 0 Å². The first-order valence-electron chi connectivity index (χ1n) is 5.88. The Morgan fingerprint density at radius 2 is 1.72 bits per heavy atom. The Kier molecular flexibility index (Phi) is 4.76. The van der Waals surface area contributed by atoms with E-state index in [0.717, 1.165) is 21.7 Å². The Bertz CT molecular complexity index is 513. The van der Waals surface area contributed by atoms with Gasteiger partial charge in [0.15, 0.2) is 0 Å². The van der Waals surface area contributed by atoms with Crippen molar-refractivity contribution in [3.05, 3.63) is 70.2 Å². The fourth-order valence-corrected chi connectivity index (χ4v) is 1.93. The molecule has 0 saturated heterocycles. The fraction of sp³-hybridized carbons (Fsp3) is 0.200. The first-order valence-corrected chi connectivity index (χ1v) is 6.26. The molecule has 0 atom stereocenters. The number of rotatable bonds is 5. The molecule has 0 aliphatic carbocycles. The third-order valence-corrected chi connectivity index (χ3v) is 3.08. The third kappa shape index (κ3) is 3.57. The zero-order valence-corrected chi connectivity index (χ0v) is 10.9. The standard InChI is InChI=1S/C15H16ClNO/c16-15-7-2-1-6-14(15)11-18-10-13-5-3-4-12(8-13)9-17/h1-8H,9-11,17H2. The van der Waals surface area contributed by atoms with Gasteiger partial charge in [-0.25, -0.2) is 0 Å². The van der Waals surface area contributed by atoms with Crippen LogP contribution < -0.4 is 5.73 Å². The summed E-state index contributed by atoms with van der Waals surface area (Å²) < 4.78 is 5.66. The van der Waals surface area contributed by atoms with Gasteiger partial charge in [0.25, 0.3) is 0 Å². The highest BCUT2D eigenvalue weighted by atomic mass is 35.5. The van der Waals surface area contributed by atoms with Gasteiger partial charge in [-0.3, -0.25) is 0 Å². The topological polar surface area (TPSA) is 35.2 Å². The van der Waals surface area contributed by atoms with Crippen molar-refractivity contribution in [3.8, 4) is 0 Å². The zero-order chi connectivity index (χ0) is 12.8. The Labute approximate surface area is 112 Å². The van der Waals surface area contributed by atoms with Crippen LogP contribution in [0.5, 0.6) is 0 Å². The molecule has 2 rings (SSSR count). The summed E-state index contributed by atoms with van der Waals surface area (Å²) in [5.74, 6) is 0. The van der Waals surface area contributed by atoms with Crippen LogP contribution >= 0.6 is 11.6 Å². The van der Waals surface area contributed by atoms with Gasteiger partial charge in [0.05, 0.1) is 13.2 Å². The first-order chi connectivity index (χ1) is 8.79. The molecular weight excluding hydrogens is 246 g/mol. The highest BCUT2D eigenvalue weighted by Gasteiger charge is 2.00. The highest BCUT2D eigenvalue weighted by molar-refractivity contribution is 6.31. The summed E-state index contributed by atoms with van der Waals surface area (Å²) >= 11 is 6.06. The minimum Gasteiger partial charge on any atom is -0.372 e. The summed E-state index contributed by atoms with van der Waals surface area (Å²) in [5, 5.41) is 0.744. The van der Waals surface area contributed by atoms with E-state index in [1.54, 1.807) is 0 Å². The molecule has 2 nitrogen and oxygen atoms in total. The van der Waals surface area contributed by atoms with E-state index in [1.165, 1.54) is 0 Å². The van der Waals surface area contributed by atoms with Gasteiger partial charge in [0, 0.05) is 11.6 Å². The van der Waals surface area contributed by atoms with Crippen LogP contribution in [0.1, 0.15) is 16.7 Å². The molecule has 0 unspecified atom stereocenters. The minimum atomic E-state index is 0.520. The van der Waals surface area contributed by atoms with Crippen LogP contribution in [-0.4, -0.2) is 0 Å². The van der Waals surface area contributed by atoms with Crippen molar-refractivity contribution < 1.29 is 4.74 Å². The van der Waals surface area contributed by atoms with E-state index in [2.05, 4.69) is 6.07 Å². The maximum absolute atomic E-state index is 6.06. The average Bonchev–Trinajstić information content (AvgIpc) is 2.41. The summed E-state index contributed by atoms with van der Waals surface area (Å²) in [6, 6.07) is 15.8. The molecule has 0 saturated carbocycles.